The van der Waals surface area contributed by atoms with E-state index in [1.165, 1.54) is 5.56 Å². The predicted molar refractivity (Wildman–Crippen MR) is 72.0 cm³/mol. The summed E-state index contributed by atoms with van der Waals surface area (Å²) in [5.41, 5.74) is 2.17. The van der Waals surface area contributed by atoms with Crippen LogP contribution < -0.4 is 5.32 Å². The van der Waals surface area contributed by atoms with Crippen molar-refractivity contribution in [2.45, 2.75) is 39.0 Å². The highest BCUT2D eigenvalue weighted by molar-refractivity contribution is 5.38. The van der Waals surface area contributed by atoms with E-state index >= 15 is 0 Å². The SMILES string of the molecule is Cc1ccoc1CNc1cnn(CC2CCCO2)c1. The number of nitrogens with zero attached hydrogens (tertiary/aromatic N) is 2. The summed E-state index contributed by atoms with van der Waals surface area (Å²) in [4.78, 5) is 0. The third kappa shape index (κ3) is 2.98. The summed E-state index contributed by atoms with van der Waals surface area (Å²) in [5, 5.41) is 7.66. The lowest BCUT2D eigenvalue weighted by Crippen LogP contribution is -2.15. The zero-order valence-electron chi connectivity index (χ0n) is 11.1. The quantitative estimate of drug-likeness (QED) is 0.898. The van der Waals surface area contributed by atoms with Gasteiger partial charge in [-0.1, -0.05) is 0 Å². The van der Waals surface area contributed by atoms with Crippen LogP contribution in [0.4, 0.5) is 5.69 Å². The Bertz CT molecular complexity index is 526. The van der Waals surface area contributed by atoms with Crippen LogP contribution in [0, 0.1) is 6.92 Å². The molecule has 1 atom stereocenters. The molecule has 2 aromatic rings. The van der Waals surface area contributed by atoms with Crippen LogP contribution in [0.2, 0.25) is 0 Å². The Hall–Kier alpha value is -1.75. The number of ether oxygens (including phenoxy) is 1. The molecule has 1 aliphatic heterocycles. The van der Waals surface area contributed by atoms with Gasteiger partial charge in [0.2, 0.25) is 0 Å². The fourth-order valence-corrected chi connectivity index (χ4v) is 2.32. The summed E-state index contributed by atoms with van der Waals surface area (Å²) >= 11 is 0. The normalized spacial score (nSPS) is 18.9. The molecule has 1 fully saturated rings. The molecule has 19 heavy (non-hydrogen) atoms. The molecule has 0 saturated carbocycles. The molecule has 2 aromatic heterocycles. The number of aromatic nitrogens is 2. The van der Waals surface area contributed by atoms with Gasteiger partial charge in [-0.05, 0) is 31.4 Å². The molecule has 1 saturated heterocycles. The van der Waals surface area contributed by atoms with Crippen LogP contribution in [-0.4, -0.2) is 22.5 Å². The van der Waals surface area contributed by atoms with Gasteiger partial charge < -0.3 is 14.5 Å². The molecule has 3 heterocycles. The molecule has 5 heteroatoms. The smallest absolute Gasteiger partial charge is 0.125 e. The zero-order chi connectivity index (χ0) is 13.1. The van der Waals surface area contributed by atoms with Gasteiger partial charge in [0.1, 0.15) is 5.76 Å². The second kappa shape index (κ2) is 5.48. The van der Waals surface area contributed by atoms with Gasteiger partial charge in [0.05, 0.1) is 37.3 Å². The first-order valence-corrected chi connectivity index (χ1v) is 6.72. The van der Waals surface area contributed by atoms with E-state index in [9.17, 15) is 0 Å². The molecule has 0 radical (unpaired) electrons. The molecule has 0 aliphatic carbocycles. The third-order valence-corrected chi connectivity index (χ3v) is 3.47. The molecule has 1 aliphatic rings. The summed E-state index contributed by atoms with van der Waals surface area (Å²) in [6.45, 7) is 4.45. The topological polar surface area (TPSA) is 52.2 Å². The highest BCUT2D eigenvalue weighted by Crippen LogP contribution is 2.16. The van der Waals surface area contributed by atoms with Gasteiger partial charge in [-0.2, -0.15) is 5.10 Å². The van der Waals surface area contributed by atoms with Gasteiger partial charge in [0.15, 0.2) is 0 Å². The van der Waals surface area contributed by atoms with E-state index < -0.39 is 0 Å². The summed E-state index contributed by atoms with van der Waals surface area (Å²) in [5.74, 6) is 0.965. The van der Waals surface area contributed by atoms with Gasteiger partial charge in [0.25, 0.3) is 0 Å². The Kier molecular flexibility index (Phi) is 3.55. The van der Waals surface area contributed by atoms with Crippen LogP contribution in [0.5, 0.6) is 0 Å². The van der Waals surface area contributed by atoms with Crippen molar-refractivity contribution in [3.8, 4) is 0 Å². The van der Waals surface area contributed by atoms with Crippen LogP contribution in [-0.2, 0) is 17.8 Å². The highest BCUT2D eigenvalue weighted by atomic mass is 16.5. The molecule has 0 bridgehead atoms. The number of hydrogen-bond donors (Lipinski definition) is 1. The maximum atomic E-state index is 5.60. The fourth-order valence-electron chi connectivity index (χ4n) is 2.32. The van der Waals surface area contributed by atoms with Crippen LogP contribution in [0.3, 0.4) is 0 Å². The van der Waals surface area contributed by atoms with Gasteiger partial charge >= 0.3 is 0 Å². The molecule has 102 valence electrons. The average Bonchev–Trinajstić information content (AvgIpc) is 3.10. The molecule has 0 aromatic carbocycles. The van der Waals surface area contributed by atoms with Crippen molar-refractivity contribution in [3.05, 3.63) is 36.0 Å². The van der Waals surface area contributed by atoms with E-state index in [0.29, 0.717) is 12.6 Å². The Labute approximate surface area is 112 Å². The molecular weight excluding hydrogens is 242 g/mol. The van der Waals surface area contributed by atoms with Crippen molar-refractivity contribution in [3.63, 3.8) is 0 Å². The van der Waals surface area contributed by atoms with E-state index in [0.717, 1.165) is 37.4 Å². The first-order chi connectivity index (χ1) is 9.31. The minimum atomic E-state index is 0.320. The van der Waals surface area contributed by atoms with Gasteiger partial charge in [-0.15, -0.1) is 0 Å². The standard InChI is InChI=1S/C14H19N3O2/c1-11-4-6-19-14(11)8-15-12-7-16-17(9-12)10-13-3-2-5-18-13/h4,6-7,9,13,15H,2-3,5,8,10H2,1H3. The van der Waals surface area contributed by atoms with Crippen LogP contribution in [0.1, 0.15) is 24.2 Å². The van der Waals surface area contributed by atoms with Crippen LogP contribution >= 0.6 is 0 Å². The second-order valence-electron chi connectivity index (χ2n) is 4.97. The number of anilines is 1. The van der Waals surface area contributed by atoms with E-state index in [1.54, 1.807) is 6.26 Å². The lowest BCUT2D eigenvalue weighted by molar-refractivity contribution is 0.0940. The maximum Gasteiger partial charge on any atom is 0.125 e. The number of hydrogen-bond acceptors (Lipinski definition) is 4. The second-order valence-corrected chi connectivity index (χ2v) is 4.97. The van der Waals surface area contributed by atoms with E-state index in [1.807, 2.05) is 30.1 Å². The van der Waals surface area contributed by atoms with Crippen LogP contribution in [0.25, 0.3) is 0 Å². The van der Waals surface area contributed by atoms with E-state index in [-0.39, 0.29) is 0 Å². The Morgan fingerprint density at radius 1 is 1.53 bits per heavy atom. The third-order valence-electron chi connectivity index (χ3n) is 3.47. The first-order valence-electron chi connectivity index (χ1n) is 6.72. The van der Waals surface area contributed by atoms with Gasteiger partial charge in [-0.25, -0.2) is 0 Å². The summed E-state index contributed by atoms with van der Waals surface area (Å²) in [6, 6.07) is 1.97. The van der Waals surface area contributed by atoms with Gasteiger partial charge in [-0.3, -0.25) is 4.68 Å². The molecule has 3 rings (SSSR count). The molecular formula is C14H19N3O2. The fraction of sp³-hybridized carbons (Fsp3) is 0.500. The Morgan fingerprint density at radius 2 is 2.47 bits per heavy atom. The summed E-state index contributed by atoms with van der Waals surface area (Å²) in [7, 11) is 0. The molecule has 1 N–H and O–H groups in total. The number of rotatable bonds is 5. The minimum absolute atomic E-state index is 0.320. The largest absolute Gasteiger partial charge is 0.467 e. The van der Waals surface area contributed by atoms with Crippen molar-refractivity contribution in [1.29, 1.82) is 0 Å². The first kappa shape index (κ1) is 12.3. The Balaban J connectivity index is 1.54. The van der Waals surface area contributed by atoms with Crippen molar-refractivity contribution < 1.29 is 9.15 Å². The highest BCUT2D eigenvalue weighted by Gasteiger charge is 2.16. The van der Waals surface area contributed by atoms with Crippen LogP contribution in [0.15, 0.2) is 29.1 Å². The molecule has 5 nitrogen and oxygen atoms in total. The van der Waals surface area contributed by atoms with E-state index in [4.69, 9.17) is 9.15 Å². The van der Waals surface area contributed by atoms with Crippen molar-refractivity contribution in [2.24, 2.45) is 0 Å². The van der Waals surface area contributed by atoms with Crippen molar-refractivity contribution >= 4 is 5.69 Å². The lowest BCUT2D eigenvalue weighted by Gasteiger charge is -2.08. The predicted octanol–water partition coefficient (Wildman–Crippen LogP) is 2.58. The monoisotopic (exact) mass is 261 g/mol. The van der Waals surface area contributed by atoms with E-state index in [2.05, 4.69) is 10.4 Å². The number of furan rings is 1. The number of nitrogens with one attached hydrogen (secondary N) is 1. The molecule has 0 amide bonds. The van der Waals surface area contributed by atoms with Crippen molar-refractivity contribution in [2.75, 3.05) is 11.9 Å². The maximum absolute atomic E-state index is 5.60. The summed E-state index contributed by atoms with van der Waals surface area (Å²) < 4.78 is 12.9. The number of aryl methyl sites for hydroxylation is 1. The lowest BCUT2D eigenvalue weighted by atomic mass is 10.2. The molecule has 0 spiro atoms. The summed E-state index contributed by atoms with van der Waals surface area (Å²) in [6.07, 6.45) is 8.18. The average molecular weight is 261 g/mol. The molecule has 1 unspecified atom stereocenters. The van der Waals surface area contributed by atoms with Crippen molar-refractivity contribution in [1.82, 2.24) is 9.78 Å². The minimum Gasteiger partial charge on any atom is -0.467 e. The zero-order valence-corrected chi connectivity index (χ0v) is 11.1. The Morgan fingerprint density at radius 3 is 3.21 bits per heavy atom. The van der Waals surface area contributed by atoms with Gasteiger partial charge in [0, 0.05) is 12.8 Å².